The van der Waals surface area contributed by atoms with Gasteiger partial charge in [-0.25, -0.2) is 24.0 Å². The third kappa shape index (κ3) is 8.11. The molecule has 3 N–H and O–H groups in total. The van der Waals surface area contributed by atoms with Crippen LogP contribution in [0.4, 0.5) is 0 Å². The number of carbonyl (C=O) groups excluding carboxylic acids is 2. The number of hydrogen-bond donors (Lipinski definition) is 3. The Labute approximate surface area is 182 Å². The Morgan fingerprint density at radius 2 is 1.06 bits per heavy atom. The summed E-state index contributed by atoms with van der Waals surface area (Å²) in [6, 6.07) is 11.3. The lowest BCUT2D eigenvalue weighted by Gasteiger charge is -2.07. The zero-order valence-electron chi connectivity index (χ0n) is 16.7. The van der Waals surface area contributed by atoms with Crippen molar-refractivity contribution in [2.45, 2.75) is 6.42 Å². The van der Waals surface area contributed by atoms with Crippen LogP contribution in [0.3, 0.4) is 0 Å². The molecule has 2 aromatic carbocycles. The quantitative estimate of drug-likeness (QED) is 0.297. The van der Waals surface area contributed by atoms with Crippen molar-refractivity contribution in [1.29, 1.82) is 0 Å². The summed E-state index contributed by atoms with van der Waals surface area (Å²) in [6.07, 6.45) is 1.36. The number of ether oxygens (including phenoxy) is 2. The molecule has 0 aliphatic rings. The molecule has 168 valence electrons. The van der Waals surface area contributed by atoms with E-state index >= 15 is 0 Å². The van der Waals surface area contributed by atoms with E-state index in [0.29, 0.717) is 6.42 Å². The fraction of sp³-hybridized carbons (Fsp3) is 0.136. The number of esters is 2. The van der Waals surface area contributed by atoms with Crippen LogP contribution in [0.25, 0.3) is 0 Å². The van der Waals surface area contributed by atoms with Crippen LogP contribution >= 0.6 is 0 Å². The summed E-state index contributed by atoms with van der Waals surface area (Å²) in [5.41, 5.74) is -0.506. The summed E-state index contributed by atoms with van der Waals surface area (Å²) in [5, 5.41) is 26.0. The minimum absolute atomic E-state index is 0.0110. The van der Waals surface area contributed by atoms with Crippen molar-refractivity contribution in [3.05, 3.63) is 83.4 Å². The molecule has 0 aromatic heterocycles. The Kier molecular flexibility index (Phi) is 10.4. The Morgan fingerprint density at radius 1 is 0.688 bits per heavy atom. The molecule has 0 amide bonds. The highest BCUT2D eigenvalue weighted by Crippen LogP contribution is 2.10. The number of benzene rings is 2. The van der Waals surface area contributed by atoms with Gasteiger partial charge >= 0.3 is 29.8 Å². The summed E-state index contributed by atoms with van der Waals surface area (Å²) >= 11 is 0. The van der Waals surface area contributed by atoms with E-state index in [4.69, 9.17) is 24.8 Å². The standard InChI is InChI=1S/C14H14O6.C8H6O4/c1-2-12(15)19-8-5-9-20-14(18)11-7-4-3-6-10(11)13(16)17;9-7(10)5-3-1-2-4-6(5)8(11)12/h2-4,6-7H,1,5,8-9H2,(H,16,17);1-4H,(H,9,10)(H,11,12). The number of carbonyl (C=O) groups is 5. The van der Waals surface area contributed by atoms with Crippen LogP contribution in [0.1, 0.15) is 47.9 Å². The molecule has 0 atom stereocenters. The maximum atomic E-state index is 11.7. The molecule has 0 aliphatic carbocycles. The Bertz CT molecular complexity index is 976. The highest BCUT2D eigenvalue weighted by Gasteiger charge is 2.16. The molecule has 2 aromatic rings. The number of hydrogen-bond acceptors (Lipinski definition) is 7. The number of rotatable bonds is 9. The summed E-state index contributed by atoms with van der Waals surface area (Å²) in [6.45, 7) is 3.36. The van der Waals surface area contributed by atoms with Gasteiger partial charge in [0.2, 0.25) is 0 Å². The Hall–Kier alpha value is -4.47. The van der Waals surface area contributed by atoms with Crippen LogP contribution in [-0.2, 0) is 14.3 Å². The third-order valence-electron chi connectivity index (χ3n) is 3.70. The van der Waals surface area contributed by atoms with Crippen molar-refractivity contribution in [3.63, 3.8) is 0 Å². The predicted molar refractivity (Wildman–Crippen MR) is 110 cm³/mol. The largest absolute Gasteiger partial charge is 0.478 e. The first-order valence-electron chi connectivity index (χ1n) is 9.03. The van der Waals surface area contributed by atoms with Crippen LogP contribution < -0.4 is 0 Å². The smallest absolute Gasteiger partial charge is 0.339 e. The zero-order valence-corrected chi connectivity index (χ0v) is 16.7. The molecule has 0 saturated carbocycles. The molecule has 0 saturated heterocycles. The lowest BCUT2D eigenvalue weighted by molar-refractivity contribution is -0.138. The van der Waals surface area contributed by atoms with Gasteiger partial charge in [-0.2, -0.15) is 0 Å². The van der Waals surface area contributed by atoms with Crippen molar-refractivity contribution in [1.82, 2.24) is 0 Å². The van der Waals surface area contributed by atoms with Gasteiger partial charge in [-0.1, -0.05) is 30.8 Å². The van der Waals surface area contributed by atoms with Crippen molar-refractivity contribution < 1.29 is 48.8 Å². The second-order valence-corrected chi connectivity index (χ2v) is 5.87. The van der Waals surface area contributed by atoms with Crippen molar-refractivity contribution in [2.75, 3.05) is 13.2 Å². The van der Waals surface area contributed by atoms with E-state index in [0.717, 1.165) is 6.08 Å². The van der Waals surface area contributed by atoms with Gasteiger partial charge in [0.1, 0.15) is 0 Å². The molecule has 0 aliphatic heterocycles. The van der Waals surface area contributed by atoms with Crippen LogP contribution in [0.15, 0.2) is 61.2 Å². The predicted octanol–water partition coefficient (Wildman–Crippen LogP) is 2.74. The average molecular weight is 444 g/mol. The van der Waals surface area contributed by atoms with Crippen LogP contribution in [0, 0.1) is 0 Å². The normalized spacial score (nSPS) is 9.50. The van der Waals surface area contributed by atoms with Gasteiger partial charge in [0.05, 0.1) is 35.5 Å². The fourth-order valence-corrected chi connectivity index (χ4v) is 2.24. The van der Waals surface area contributed by atoms with Crippen LogP contribution in [0.2, 0.25) is 0 Å². The molecule has 0 fully saturated rings. The van der Waals surface area contributed by atoms with Crippen molar-refractivity contribution in [2.24, 2.45) is 0 Å². The van der Waals surface area contributed by atoms with Gasteiger partial charge < -0.3 is 24.8 Å². The molecule has 0 unspecified atom stereocenters. The van der Waals surface area contributed by atoms with Crippen LogP contribution in [0.5, 0.6) is 0 Å². The third-order valence-corrected chi connectivity index (χ3v) is 3.70. The van der Waals surface area contributed by atoms with Crippen LogP contribution in [-0.4, -0.2) is 58.4 Å². The Balaban J connectivity index is 0.000000363. The van der Waals surface area contributed by atoms with E-state index in [1.165, 1.54) is 42.5 Å². The monoisotopic (exact) mass is 444 g/mol. The maximum absolute atomic E-state index is 11.7. The van der Waals surface area contributed by atoms with Crippen molar-refractivity contribution >= 4 is 29.8 Å². The van der Waals surface area contributed by atoms with E-state index < -0.39 is 29.8 Å². The van der Waals surface area contributed by atoms with Gasteiger partial charge in [-0.05, 0) is 24.3 Å². The molecule has 10 heteroatoms. The second-order valence-electron chi connectivity index (χ2n) is 5.87. The minimum Gasteiger partial charge on any atom is -0.478 e. The minimum atomic E-state index is -1.23. The molecular weight excluding hydrogens is 424 g/mol. The second kappa shape index (κ2) is 13.0. The zero-order chi connectivity index (χ0) is 24.1. The van der Waals surface area contributed by atoms with Gasteiger partial charge in [-0.3, -0.25) is 0 Å². The van der Waals surface area contributed by atoms with Crippen molar-refractivity contribution in [3.8, 4) is 0 Å². The lowest BCUT2D eigenvalue weighted by atomic mass is 10.1. The van der Waals surface area contributed by atoms with E-state index in [9.17, 15) is 24.0 Å². The molecule has 32 heavy (non-hydrogen) atoms. The number of carboxylic acids is 3. The fourth-order valence-electron chi connectivity index (χ4n) is 2.24. The molecule has 0 spiro atoms. The lowest BCUT2D eigenvalue weighted by Crippen LogP contribution is -2.13. The highest BCUT2D eigenvalue weighted by molar-refractivity contribution is 6.02. The SMILES string of the molecule is C=CC(=O)OCCCOC(=O)c1ccccc1C(=O)O.O=C(O)c1ccccc1C(=O)O. The average Bonchev–Trinajstić information content (AvgIpc) is 2.78. The van der Waals surface area contributed by atoms with E-state index in [2.05, 4.69) is 6.58 Å². The molecule has 2 rings (SSSR count). The molecule has 0 bridgehead atoms. The Morgan fingerprint density at radius 3 is 1.47 bits per heavy atom. The van der Waals surface area contributed by atoms with E-state index in [1.54, 1.807) is 6.07 Å². The molecular formula is C22H20O10. The van der Waals surface area contributed by atoms with E-state index in [-0.39, 0.29) is 35.5 Å². The molecule has 0 heterocycles. The van der Waals surface area contributed by atoms with E-state index in [1.807, 2.05) is 0 Å². The number of aromatic carboxylic acids is 3. The first-order chi connectivity index (χ1) is 15.2. The van der Waals surface area contributed by atoms with Gasteiger partial charge in [0.25, 0.3) is 0 Å². The summed E-state index contributed by atoms with van der Waals surface area (Å²) < 4.78 is 9.61. The summed E-state index contributed by atoms with van der Waals surface area (Å²) in [7, 11) is 0. The molecule has 10 nitrogen and oxygen atoms in total. The van der Waals surface area contributed by atoms with Gasteiger partial charge in [-0.15, -0.1) is 0 Å². The highest BCUT2D eigenvalue weighted by atomic mass is 16.5. The first-order valence-corrected chi connectivity index (χ1v) is 9.03. The van der Waals surface area contributed by atoms with Gasteiger partial charge in [0, 0.05) is 12.5 Å². The first kappa shape index (κ1) is 25.6. The summed E-state index contributed by atoms with van der Waals surface area (Å²) in [4.78, 5) is 54.3. The summed E-state index contributed by atoms with van der Waals surface area (Å²) in [5.74, 6) is -4.93. The number of carboxylic acid groups (broad SMARTS) is 3. The maximum Gasteiger partial charge on any atom is 0.339 e. The van der Waals surface area contributed by atoms with Gasteiger partial charge in [0.15, 0.2) is 0 Å². The molecule has 0 radical (unpaired) electrons. The topological polar surface area (TPSA) is 164 Å².